The summed E-state index contributed by atoms with van der Waals surface area (Å²) in [6.45, 7) is 4.79. The molecule has 0 spiro atoms. The number of nitrogens with zero attached hydrogens (tertiary/aromatic N) is 3. The number of aryl methyl sites for hydroxylation is 2. The molecule has 132 valence electrons. The fourth-order valence-electron chi connectivity index (χ4n) is 3.63. The fourth-order valence-corrected chi connectivity index (χ4v) is 3.63. The monoisotopic (exact) mass is 345 g/mol. The van der Waals surface area contributed by atoms with E-state index in [4.69, 9.17) is 9.97 Å². The molecule has 0 saturated heterocycles. The van der Waals surface area contributed by atoms with E-state index < -0.39 is 0 Å². The van der Waals surface area contributed by atoms with Crippen LogP contribution in [0.25, 0.3) is 11.3 Å². The highest BCUT2D eigenvalue weighted by Gasteiger charge is 2.21. The summed E-state index contributed by atoms with van der Waals surface area (Å²) >= 11 is 0. The Balaban J connectivity index is 1.70. The van der Waals surface area contributed by atoms with Gasteiger partial charge in [0.15, 0.2) is 0 Å². The minimum absolute atomic E-state index is 0.274. The van der Waals surface area contributed by atoms with Crippen LogP contribution in [0.15, 0.2) is 54.6 Å². The standard InChI is InChI=1S/C22H23N3O/c1-16-23-21-8-5-13-25(14-17-6-3-2-4-7-17)15-20(21)22(24-16)18-9-11-19(26)12-10-18/h2-4,6-7,9-12,26H,5,8,13-15H2,1H3. The third-order valence-electron chi connectivity index (χ3n) is 4.86. The summed E-state index contributed by atoms with van der Waals surface area (Å²) in [4.78, 5) is 12.0. The molecule has 26 heavy (non-hydrogen) atoms. The Hall–Kier alpha value is -2.72. The van der Waals surface area contributed by atoms with Crippen molar-refractivity contribution in [3.8, 4) is 17.0 Å². The minimum atomic E-state index is 0.274. The summed E-state index contributed by atoms with van der Waals surface area (Å²) in [5.41, 5.74) is 5.74. The number of rotatable bonds is 3. The molecule has 2 heterocycles. The van der Waals surface area contributed by atoms with Crippen LogP contribution < -0.4 is 0 Å². The molecule has 1 N–H and O–H groups in total. The zero-order valence-corrected chi connectivity index (χ0v) is 15.0. The van der Waals surface area contributed by atoms with Gasteiger partial charge in [0, 0.05) is 29.9 Å². The highest BCUT2D eigenvalue weighted by Crippen LogP contribution is 2.29. The molecule has 3 aromatic rings. The Kier molecular flexibility index (Phi) is 4.67. The van der Waals surface area contributed by atoms with Gasteiger partial charge in [0.2, 0.25) is 0 Å². The zero-order chi connectivity index (χ0) is 17.9. The second-order valence-electron chi connectivity index (χ2n) is 6.89. The van der Waals surface area contributed by atoms with Gasteiger partial charge < -0.3 is 5.11 Å². The van der Waals surface area contributed by atoms with Gasteiger partial charge in [-0.25, -0.2) is 9.97 Å². The molecule has 0 aliphatic carbocycles. The van der Waals surface area contributed by atoms with Crippen molar-refractivity contribution < 1.29 is 5.11 Å². The van der Waals surface area contributed by atoms with Gasteiger partial charge in [0.1, 0.15) is 11.6 Å². The maximum Gasteiger partial charge on any atom is 0.126 e. The second kappa shape index (κ2) is 7.26. The van der Waals surface area contributed by atoms with Crippen LogP contribution in [-0.2, 0) is 19.5 Å². The molecule has 0 fully saturated rings. The predicted molar refractivity (Wildman–Crippen MR) is 103 cm³/mol. The average molecular weight is 345 g/mol. The lowest BCUT2D eigenvalue weighted by atomic mass is 10.0. The summed E-state index contributed by atoms with van der Waals surface area (Å²) in [7, 11) is 0. The normalized spacial score (nSPS) is 14.7. The Morgan fingerprint density at radius 3 is 2.54 bits per heavy atom. The number of fused-ring (bicyclic) bond motifs is 1. The van der Waals surface area contributed by atoms with Gasteiger partial charge >= 0.3 is 0 Å². The van der Waals surface area contributed by atoms with Gasteiger partial charge in [-0.3, -0.25) is 4.90 Å². The van der Waals surface area contributed by atoms with E-state index in [1.165, 1.54) is 11.1 Å². The molecule has 0 saturated carbocycles. The van der Waals surface area contributed by atoms with Crippen LogP contribution in [0, 0.1) is 6.92 Å². The Bertz CT molecular complexity index is 891. The molecular formula is C22H23N3O. The number of benzene rings is 2. The van der Waals surface area contributed by atoms with Crippen molar-refractivity contribution in [2.45, 2.75) is 32.9 Å². The summed E-state index contributed by atoms with van der Waals surface area (Å²) in [6.07, 6.45) is 2.08. The SMILES string of the molecule is Cc1nc2c(c(-c3ccc(O)cc3)n1)CN(Cc1ccccc1)CCC2. The van der Waals surface area contributed by atoms with E-state index in [2.05, 4.69) is 35.2 Å². The lowest BCUT2D eigenvalue weighted by molar-refractivity contribution is 0.261. The summed E-state index contributed by atoms with van der Waals surface area (Å²) in [6, 6.07) is 17.9. The second-order valence-corrected chi connectivity index (χ2v) is 6.89. The Morgan fingerprint density at radius 1 is 1.00 bits per heavy atom. The van der Waals surface area contributed by atoms with Gasteiger partial charge in [0.25, 0.3) is 0 Å². The van der Waals surface area contributed by atoms with Crippen LogP contribution in [0.1, 0.15) is 29.1 Å². The topological polar surface area (TPSA) is 49.3 Å². The Labute approximate surface area is 154 Å². The average Bonchev–Trinajstić information content (AvgIpc) is 2.84. The van der Waals surface area contributed by atoms with Crippen molar-refractivity contribution in [1.82, 2.24) is 14.9 Å². The van der Waals surface area contributed by atoms with Gasteiger partial charge in [0.05, 0.1) is 5.69 Å². The summed E-state index contributed by atoms with van der Waals surface area (Å²) < 4.78 is 0. The van der Waals surface area contributed by atoms with Crippen molar-refractivity contribution >= 4 is 0 Å². The van der Waals surface area contributed by atoms with Crippen LogP contribution >= 0.6 is 0 Å². The molecular weight excluding hydrogens is 322 g/mol. The van der Waals surface area contributed by atoms with Crippen LogP contribution in [0.5, 0.6) is 5.75 Å². The van der Waals surface area contributed by atoms with Gasteiger partial charge in [-0.05, 0) is 56.1 Å². The number of phenols is 1. The van der Waals surface area contributed by atoms with Crippen LogP contribution in [0.2, 0.25) is 0 Å². The quantitative estimate of drug-likeness (QED) is 0.776. The van der Waals surface area contributed by atoms with E-state index in [0.29, 0.717) is 0 Å². The van der Waals surface area contributed by atoms with Crippen LogP contribution in [-0.4, -0.2) is 26.5 Å². The van der Waals surface area contributed by atoms with E-state index in [1.807, 2.05) is 19.1 Å². The zero-order valence-electron chi connectivity index (χ0n) is 15.0. The molecule has 0 bridgehead atoms. The molecule has 4 rings (SSSR count). The predicted octanol–water partition coefficient (Wildman–Crippen LogP) is 4.11. The smallest absolute Gasteiger partial charge is 0.126 e. The van der Waals surface area contributed by atoms with Gasteiger partial charge in [-0.2, -0.15) is 0 Å². The lowest BCUT2D eigenvalue weighted by Crippen LogP contribution is -2.23. The Morgan fingerprint density at radius 2 is 1.77 bits per heavy atom. The largest absolute Gasteiger partial charge is 0.508 e. The van der Waals surface area contributed by atoms with E-state index in [-0.39, 0.29) is 5.75 Å². The first kappa shape index (κ1) is 16.7. The van der Waals surface area contributed by atoms with Crippen LogP contribution in [0.3, 0.4) is 0 Å². The fraction of sp³-hybridized carbons (Fsp3) is 0.273. The van der Waals surface area contributed by atoms with Crippen molar-refractivity contribution in [3.05, 3.63) is 77.2 Å². The van der Waals surface area contributed by atoms with E-state index in [1.54, 1.807) is 12.1 Å². The molecule has 1 aromatic heterocycles. The molecule has 1 aliphatic rings. The first-order valence-corrected chi connectivity index (χ1v) is 9.11. The van der Waals surface area contributed by atoms with E-state index in [9.17, 15) is 5.11 Å². The van der Waals surface area contributed by atoms with E-state index >= 15 is 0 Å². The highest BCUT2D eigenvalue weighted by molar-refractivity contribution is 5.65. The van der Waals surface area contributed by atoms with E-state index in [0.717, 1.165) is 55.3 Å². The molecule has 4 nitrogen and oxygen atoms in total. The molecule has 0 amide bonds. The molecule has 0 unspecified atom stereocenters. The van der Waals surface area contributed by atoms with Crippen molar-refractivity contribution in [3.63, 3.8) is 0 Å². The third kappa shape index (κ3) is 3.60. The van der Waals surface area contributed by atoms with Crippen molar-refractivity contribution in [2.24, 2.45) is 0 Å². The number of hydrogen-bond acceptors (Lipinski definition) is 4. The minimum Gasteiger partial charge on any atom is -0.508 e. The van der Waals surface area contributed by atoms with Crippen LogP contribution in [0.4, 0.5) is 0 Å². The molecule has 2 aromatic carbocycles. The number of hydrogen-bond donors (Lipinski definition) is 1. The first-order chi connectivity index (χ1) is 12.7. The summed E-state index contributed by atoms with van der Waals surface area (Å²) in [5.74, 6) is 1.08. The van der Waals surface area contributed by atoms with Crippen molar-refractivity contribution in [2.75, 3.05) is 6.54 Å². The van der Waals surface area contributed by atoms with Crippen molar-refractivity contribution in [1.29, 1.82) is 0 Å². The number of aromatic hydroxyl groups is 1. The molecule has 1 aliphatic heterocycles. The maximum atomic E-state index is 9.61. The molecule has 0 radical (unpaired) electrons. The number of aromatic nitrogens is 2. The highest BCUT2D eigenvalue weighted by atomic mass is 16.3. The number of phenolic OH excluding ortho intramolecular Hbond substituents is 1. The third-order valence-corrected chi connectivity index (χ3v) is 4.86. The van der Waals surface area contributed by atoms with Gasteiger partial charge in [-0.1, -0.05) is 30.3 Å². The maximum absolute atomic E-state index is 9.61. The molecule has 4 heteroatoms. The molecule has 0 atom stereocenters. The van der Waals surface area contributed by atoms with Gasteiger partial charge in [-0.15, -0.1) is 0 Å². The summed E-state index contributed by atoms with van der Waals surface area (Å²) in [5, 5.41) is 9.61. The lowest BCUT2D eigenvalue weighted by Gasteiger charge is -2.21. The first-order valence-electron chi connectivity index (χ1n) is 9.11.